The predicted molar refractivity (Wildman–Crippen MR) is 145 cm³/mol. The Morgan fingerprint density at radius 1 is 1.11 bits per heavy atom. The molecule has 0 bridgehead atoms. The average molecular weight is 685 g/mol. The molecule has 1 aromatic heterocycles. The second kappa shape index (κ2) is 12.1. The van der Waals surface area contributed by atoms with Crippen molar-refractivity contribution in [3.05, 3.63) is 71.2 Å². The van der Waals surface area contributed by atoms with Gasteiger partial charge in [0.25, 0.3) is 0 Å². The van der Waals surface area contributed by atoms with E-state index in [-0.39, 0.29) is 11.3 Å². The van der Waals surface area contributed by atoms with Crippen LogP contribution in [0.15, 0.2) is 42.6 Å². The van der Waals surface area contributed by atoms with E-state index in [2.05, 4.69) is 10.3 Å². The van der Waals surface area contributed by atoms with Gasteiger partial charge in [0.2, 0.25) is 10.0 Å². The number of sulfonamides is 1. The van der Waals surface area contributed by atoms with Crippen LogP contribution in [-0.2, 0) is 20.9 Å². The van der Waals surface area contributed by atoms with Gasteiger partial charge in [0.1, 0.15) is 41.1 Å². The lowest BCUT2D eigenvalue weighted by Gasteiger charge is -2.51. The van der Waals surface area contributed by atoms with Crippen LogP contribution in [0.4, 0.5) is 26.3 Å². The Labute approximate surface area is 256 Å². The van der Waals surface area contributed by atoms with Crippen molar-refractivity contribution in [3.8, 4) is 11.3 Å². The Hall–Kier alpha value is -2.78. The number of aromatic nitrogens is 3. The molecule has 2 aromatic carbocycles. The van der Waals surface area contributed by atoms with Crippen LogP contribution in [0.3, 0.4) is 0 Å². The third kappa shape index (κ3) is 6.44. The van der Waals surface area contributed by atoms with Gasteiger partial charge in [0.05, 0.1) is 29.9 Å². The summed E-state index contributed by atoms with van der Waals surface area (Å²) in [5, 5.41) is 49.7. The van der Waals surface area contributed by atoms with Gasteiger partial charge in [-0.25, -0.2) is 26.3 Å². The fraction of sp³-hybridized carbons (Fsp3) is 0.462. The van der Waals surface area contributed by atoms with Gasteiger partial charge in [-0.1, -0.05) is 23.4 Å². The molecule has 3 aromatic rings. The van der Waals surface area contributed by atoms with Gasteiger partial charge in [-0.05, 0) is 23.8 Å². The first-order chi connectivity index (χ1) is 20.9. The molecule has 0 amide bonds. The number of alkyl halides is 3. The fourth-order valence-electron chi connectivity index (χ4n) is 5.32. The number of rotatable bonds is 8. The minimum Gasteiger partial charge on any atom is -0.394 e. The quantitative estimate of drug-likeness (QED) is 0.204. The molecule has 1 unspecified atom stereocenters. The van der Waals surface area contributed by atoms with Crippen molar-refractivity contribution < 1.29 is 59.9 Å². The standard InChI is InChI=1S/C26H26F6N4O7S2/c1-45(41,42)35-10-25(40,11-35)23(13-4-2-3-5-14(13)26(30,31)32)44-24-22(39)20(21(38)18(9-37)43-24)36-8-17(33-34-36)12-6-15(27)19(29)16(28)7-12/h2-8,18,20-24,37-40H,9-11H2,1H3/t18-,20+,21+,22-,23?,24+/m1/s1. The highest BCUT2D eigenvalue weighted by atomic mass is 32.2. The maximum atomic E-state index is 14.1. The average Bonchev–Trinajstić information content (AvgIpc) is 3.42. The molecule has 0 aliphatic carbocycles. The van der Waals surface area contributed by atoms with E-state index in [0.717, 1.165) is 39.6 Å². The smallest absolute Gasteiger partial charge is 0.394 e. The summed E-state index contributed by atoms with van der Waals surface area (Å²) in [7, 11) is -3.82. The van der Waals surface area contributed by atoms with Gasteiger partial charge in [0.15, 0.2) is 17.5 Å². The number of thioether (sulfide) groups is 1. The van der Waals surface area contributed by atoms with Crippen molar-refractivity contribution in [2.24, 2.45) is 0 Å². The van der Waals surface area contributed by atoms with E-state index in [9.17, 15) is 55.2 Å². The third-order valence-electron chi connectivity index (χ3n) is 7.62. The fourth-order valence-corrected chi connectivity index (χ4v) is 7.79. The van der Waals surface area contributed by atoms with Crippen LogP contribution in [0.2, 0.25) is 0 Å². The highest BCUT2D eigenvalue weighted by Gasteiger charge is 2.56. The van der Waals surface area contributed by atoms with Gasteiger partial charge >= 0.3 is 6.18 Å². The summed E-state index contributed by atoms with van der Waals surface area (Å²) in [5.41, 5.74) is -5.65. The molecule has 19 heteroatoms. The Morgan fingerprint density at radius 2 is 1.73 bits per heavy atom. The monoisotopic (exact) mass is 684 g/mol. The summed E-state index contributed by atoms with van der Waals surface area (Å²) < 4.78 is 115. The van der Waals surface area contributed by atoms with Crippen molar-refractivity contribution in [2.75, 3.05) is 26.0 Å². The number of aliphatic hydroxyl groups is 4. The molecular formula is C26H26F6N4O7S2. The number of hydrogen-bond acceptors (Lipinski definition) is 10. The molecule has 2 fully saturated rings. The van der Waals surface area contributed by atoms with Crippen LogP contribution < -0.4 is 0 Å². The van der Waals surface area contributed by atoms with Crippen molar-refractivity contribution in [3.63, 3.8) is 0 Å². The zero-order valence-electron chi connectivity index (χ0n) is 23.0. The van der Waals surface area contributed by atoms with Crippen LogP contribution >= 0.6 is 11.8 Å². The zero-order chi connectivity index (χ0) is 33.1. The van der Waals surface area contributed by atoms with E-state index in [1.54, 1.807) is 0 Å². The van der Waals surface area contributed by atoms with E-state index >= 15 is 0 Å². The Bertz CT molecular complexity index is 1650. The maximum Gasteiger partial charge on any atom is 0.416 e. The summed E-state index contributed by atoms with van der Waals surface area (Å²) in [4.78, 5) is 0. The summed E-state index contributed by atoms with van der Waals surface area (Å²) in [6, 6.07) is 4.06. The molecule has 4 N–H and O–H groups in total. The van der Waals surface area contributed by atoms with Gasteiger partial charge in [0, 0.05) is 18.7 Å². The molecule has 0 spiro atoms. The summed E-state index contributed by atoms with van der Waals surface area (Å²) in [6.45, 7) is -2.00. The zero-order valence-corrected chi connectivity index (χ0v) is 24.6. The molecule has 2 saturated heterocycles. The van der Waals surface area contributed by atoms with Gasteiger partial charge in [-0.2, -0.15) is 17.5 Å². The molecule has 3 heterocycles. The number of halogens is 6. The predicted octanol–water partition coefficient (Wildman–Crippen LogP) is 1.84. The number of benzene rings is 2. The van der Waals surface area contributed by atoms with E-state index in [4.69, 9.17) is 4.74 Å². The van der Waals surface area contributed by atoms with Gasteiger partial charge in [-0.15, -0.1) is 16.9 Å². The molecule has 246 valence electrons. The number of ether oxygens (including phenoxy) is 1. The summed E-state index contributed by atoms with van der Waals surface area (Å²) in [6.07, 6.45) is -7.94. The first-order valence-electron chi connectivity index (χ1n) is 13.1. The van der Waals surface area contributed by atoms with Crippen molar-refractivity contribution >= 4 is 21.8 Å². The van der Waals surface area contributed by atoms with Crippen molar-refractivity contribution in [1.29, 1.82) is 0 Å². The normalized spacial score (nSPS) is 26.4. The molecule has 45 heavy (non-hydrogen) atoms. The summed E-state index contributed by atoms with van der Waals surface area (Å²) in [5.74, 6) is -4.76. The van der Waals surface area contributed by atoms with Crippen LogP contribution in [0.5, 0.6) is 0 Å². The lowest BCUT2D eigenvalue weighted by Crippen LogP contribution is -2.66. The maximum absolute atomic E-state index is 14.1. The lowest BCUT2D eigenvalue weighted by molar-refractivity contribution is -0.179. The second-order valence-electron chi connectivity index (χ2n) is 10.8. The largest absolute Gasteiger partial charge is 0.416 e. The molecule has 5 rings (SSSR count). The molecule has 6 atom stereocenters. The van der Waals surface area contributed by atoms with E-state index in [1.165, 1.54) is 6.07 Å². The van der Waals surface area contributed by atoms with Crippen LogP contribution in [-0.4, -0.2) is 103 Å². The highest BCUT2D eigenvalue weighted by Crippen LogP contribution is 2.51. The third-order valence-corrected chi connectivity index (χ3v) is 10.4. The summed E-state index contributed by atoms with van der Waals surface area (Å²) >= 11 is 0.513. The van der Waals surface area contributed by atoms with Gasteiger partial charge in [-0.3, -0.25) is 0 Å². The van der Waals surface area contributed by atoms with E-state index < -0.39 is 105 Å². The first kappa shape index (κ1) is 33.6. The topological polar surface area (TPSA) is 158 Å². The number of β-amino-alcohol motifs (C(OH)–C–C–N with tert-alkyl or cyclic N) is 1. The van der Waals surface area contributed by atoms with Crippen LogP contribution in [0, 0.1) is 17.5 Å². The van der Waals surface area contributed by atoms with Crippen LogP contribution in [0.1, 0.15) is 22.4 Å². The van der Waals surface area contributed by atoms with E-state index in [0.29, 0.717) is 23.9 Å². The Morgan fingerprint density at radius 3 is 2.31 bits per heavy atom. The SMILES string of the molecule is CS(=O)(=O)N1CC(O)(C(S[C@@H]2O[C@H](CO)[C@H](O)[C@H](n3cc(-c4cc(F)c(F)c(F)c4)nn3)[C@H]2O)c2ccccc2C(F)(F)F)C1. The molecule has 2 aliphatic rings. The lowest BCUT2D eigenvalue weighted by atomic mass is 9.86. The molecular weight excluding hydrogens is 658 g/mol. The van der Waals surface area contributed by atoms with Crippen molar-refractivity contribution in [2.45, 2.75) is 46.8 Å². The van der Waals surface area contributed by atoms with Crippen LogP contribution in [0.25, 0.3) is 11.3 Å². The Balaban J connectivity index is 1.51. The first-order valence-corrected chi connectivity index (χ1v) is 15.9. The molecule has 2 aliphatic heterocycles. The molecule has 0 saturated carbocycles. The minimum absolute atomic E-state index is 0.204. The highest BCUT2D eigenvalue weighted by molar-refractivity contribution is 8.00. The second-order valence-corrected chi connectivity index (χ2v) is 14.0. The Kier molecular flexibility index (Phi) is 9.03. The molecule has 11 nitrogen and oxygen atoms in total. The minimum atomic E-state index is -4.89. The molecule has 0 radical (unpaired) electrons. The van der Waals surface area contributed by atoms with Crippen molar-refractivity contribution in [1.82, 2.24) is 19.3 Å². The number of nitrogens with zero attached hydrogens (tertiary/aromatic N) is 4. The van der Waals surface area contributed by atoms with E-state index in [1.807, 2.05) is 0 Å². The number of aliphatic hydroxyl groups excluding tert-OH is 3. The van der Waals surface area contributed by atoms with Gasteiger partial charge < -0.3 is 25.2 Å². The number of hydrogen-bond donors (Lipinski definition) is 4.